The van der Waals surface area contributed by atoms with Gasteiger partial charge in [0.05, 0.1) is 38.3 Å². The summed E-state index contributed by atoms with van der Waals surface area (Å²) < 4.78 is 34.3. The highest BCUT2D eigenvalue weighted by Gasteiger charge is 2.12. The van der Waals surface area contributed by atoms with Crippen LogP contribution in [0.4, 0.5) is 11.4 Å². The van der Waals surface area contributed by atoms with Crippen LogP contribution in [0.25, 0.3) is 22.3 Å². The van der Waals surface area contributed by atoms with Gasteiger partial charge in [0.2, 0.25) is 0 Å². The van der Waals surface area contributed by atoms with Gasteiger partial charge in [0.1, 0.15) is 0 Å². The van der Waals surface area contributed by atoms with Gasteiger partial charge in [-0.1, -0.05) is 87.3 Å². The summed E-state index contributed by atoms with van der Waals surface area (Å²) in [5.74, 6) is 1.16. The predicted octanol–water partition coefficient (Wildman–Crippen LogP) is 14.1. The largest absolute Gasteiger partial charge is 0.472 e. The van der Waals surface area contributed by atoms with Gasteiger partial charge in [0, 0.05) is 69.9 Å². The van der Waals surface area contributed by atoms with Gasteiger partial charge in [-0.15, -0.1) is 0 Å². The first-order chi connectivity index (χ1) is 32.1. The third-order valence-electron chi connectivity index (χ3n) is 11.3. The van der Waals surface area contributed by atoms with Gasteiger partial charge in [-0.05, 0) is 158 Å². The van der Waals surface area contributed by atoms with Crippen LogP contribution in [-0.4, -0.2) is 39.4 Å². The molecule has 12 heteroatoms. The van der Waals surface area contributed by atoms with Crippen molar-refractivity contribution in [3.05, 3.63) is 153 Å². The van der Waals surface area contributed by atoms with Crippen molar-refractivity contribution < 1.29 is 22.4 Å². The Bertz CT molecular complexity index is 2210. The van der Waals surface area contributed by atoms with Gasteiger partial charge in [-0.3, -0.25) is 4.57 Å². The summed E-state index contributed by atoms with van der Waals surface area (Å²) >= 11 is 13.2. The van der Waals surface area contributed by atoms with Crippen LogP contribution in [0.3, 0.4) is 0 Å². The third-order valence-corrected chi connectivity index (χ3v) is 12.9. The highest BCUT2D eigenvalue weighted by Crippen LogP contribution is 2.32. The van der Waals surface area contributed by atoms with Crippen molar-refractivity contribution in [2.45, 2.75) is 92.2 Å². The summed E-state index contributed by atoms with van der Waals surface area (Å²) in [6.07, 6.45) is 14.3. The molecule has 6 rings (SSSR count). The topological polar surface area (TPSA) is 110 Å². The molecule has 0 unspecified atom stereocenters. The molecule has 354 valence electrons. The second kappa shape index (κ2) is 27.5. The van der Waals surface area contributed by atoms with Crippen molar-refractivity contribution in [2.24, 2.45) is 11.8 Å². The van der Waals surface area contributed by atoms with Crippen LogP contribution in [0.2, 0.25) is 10.0 Å². The minimum atomic E-state index is -2.55. The molecule has 0 bridgehead atoms. The molecule has 0 atom stereocenters. The summed E-state index contributed by atoms with van der Waals surface area (Å²) in [5, 5.41) is 16.0. The zero-order valence-corrected chi connectivity index (χ0v) is 41.7. The lowest BCUT2D eigenvalue weighted by Crippen LogP contribution is -2.16. The highest BCUT2D eigenvalue weighted by atomic mass is 35.5. The standard InChI is InChI=1S/C54H69Cl2N4O5P/c1-39(2)29-45-15-11-41(33-51(45)55)9-5-23-59-53-17-13-43(31-49(53)47-19-27-62-37-47)35-57-21-7-25-64-66(61)65-26-8-22-58-36-44-14-18-54(50(32-44)48-20-28-63-38-48)60-24-6-10-42-12-16-46(30-40(3)4)52(56)34-42/h11-20,27-28,31-34,37-40,57-60,66H,5-10,21-26,29-30,35-36H2,1-4H3. The minimum Gasteiger partial charge on any atom is -0.472 e. The van der Waals surface area contributed by atoms with E-state index in [9.17, 15) is 4.57 Å². The van der Waals surface area contributed by atoms with Gasteiger partial charge in [0.25, 0.3) is 0 Å². The van der Waals surface area contributed by atoms with E-state index in [1.165, 1.54) is 33.4 Å². The number of anilines is 2. The van der Waals surface area contributed by atoms with Crippen LogP contribution in [0, 0.1) is 11.8 Å². The quantitative estimate of drug-likeness (QED) is 0.0259. The number of nitrogens with one attached hydrogen (secondary N) is 4. The van der Waals surface area contributed by atoms with Crippen LogP contribution in [0.1, 0.15) is 86.8 Å². The SMILES string of the molecule is CC(C)Cc1ccc(CCCNc2ccc(CNCCCO[PH](=O)OCCCNCc3ccc(NCCCc4ccc(CC(C)C)c(Cl)c4)c(-c4ccoc4)c3)cc2-c2ccoc2)cc1Cl. The van der Waals surface area contributed by atoms with E-state index >= 15 is 0 Å². The molecule has 66 heavy (non-hydrogen) atoms. The maximum absolute atomic E-state index is 12.4. The van der Waals surface area contributed by atoms with E-state index in [1.807, 2.05) is 12.1 Å². The van der Waals surface area contributed by atoms with Gasteiger partial charge in [-0.2, -0.15) is 0 Å². The smallest absolute Gasteiger partial charge is 0.319 e. The van der Waals surface area contributed by atoms with E-state index in [0.717, 1.165) is 121 Å². The lowest BCUT2D eigenvalue weighted by atomic mass is 10.00. The summed E-state index contributed by atoms with van der Waals surface area (Å²) in [5.41, 5.74) is 13.7. The second-order valence-electron chi connectivity index (χ2n) is 17.9. The number of furan rings is 2. The summed E-state index contributed by atoms with van der Waals surface area (Å²) in [6.45, 7) is 14.1. The number of hydrogen-bond donors (Lipinski definition) is 4. The predicted molar refractivity (Wildman–Crippen MR) is 275 cm³/mol. The van der Waals surface area contributed by atoms with Crippen LogP contribution < -0.4 is 21.3 Å². The van der Waals surface area contributed by atoms with Gasteiger partial charge >= 0.3 is 8.25 Å². The first kappa shape index (κ1) is 51.1. The molecule has 2 aromatic heterocycles. The molecule has 2 heterocycles. The number of hydrogen-bond acceptors (Lipinski definition) is 9. The fourth-order valence-corrected chi connectivity index (χ4v) is 9.24. The van der Waals surface area contributed by atoms with Gasteiger partial charge < -0.3 is 39.1 Å². The van der Waals surface area contributed by atoms with E-state index in [4.69, 9.17) is 41.1 Å². The first-order valence-corrected chi connectivity index (χ1v) is 25.6. The van der Waals surface area contributed by atoms with Crippen molar-refractivity contribution in [1.82, 2.24) is 10.6 Å². The lowest BCUT2D eigenvalue weighted by molar-refractivity contribution is 0.220. The van der Waals surface area contributed by atoms with E-state index in [-0.39, 0.29) is 0 Å². The molecule has 4 N–H and O–H groups in total. The summed E-state index contributed by atoms with van der Waals surface area (Å²) in [4.78, 5) is 0. The molecule has 0 fully saturated rings. The molecule has 0 spiro atoms. The number of benzene rings is 4. The minimum absolute atomic E-state index is 0.367. The molecule has 0 radical (unpaired) electrons. The van der Waals surface area contributed by atoms with Crippen LogP contribution in [0.5, 0.6) is 0 Å². The van der Waals surface area contributed by atoms with E-state index < -0.39 is 8.25 Å². The Balaban J connectivity index is 0.831. The second-order valence-corrected chi connectivity index (χ2v) is 19.8. The average molecular weight is 956 g/mol. The van der Waals surface area contributed by atoms with Gasteiger partial charge in [-0.25, -0.2) is 0 Å². The Kier molecular flexibility index (Phi) is 21.3. The maximum atomic E-state index is 12.4. The molecule has 6 aromatic rings. The maximum Gasteiger partial charge on any atom is 0.319 e. The van der Waals surface area contributed by atoms with Crippen molar-refractivity contribution in [1.29, 1.82) is 0 Å². The fourth-order valence-electron chi connectivity index (χ4n) is 7.97. The molecule has 0 aliphatic rings. The molecule has 0 amide bonds. The monoisotopic (exact) mass is 954 g/mol. The lowest BCUT2D eigenvalue weighted by Gasteiger charge is -2.14. The van der Waals surface area contributed by atoms with Gasteiger partial charge in [0.15, 0.2) is 0 Å². The van der Waals surface area contributed by atoms with Crippen molar-refractivity contribution in [3.8, 4) is 22.3 Å². The molecule has 4 aromatic carbocycles. The van der Waals surface area contributed by atoms with Crippen molar-refractivity contribution in [3.63, 3.8) is 0 Å². The first-order valence-electron chi connectivity index (χ1n) is 23.7. The third kappa shape index (κ3) is 17.1. The zero-order valence-electron chi connectivity index (χ0n) is 39.2. The zero-order chi connectivity index (χ0) is 46.5. The molecule has 9 nitrogen and oxygen atoms in total. The molecule has 0 saturated heterocycles. The van der Waals surface area contributed by atoms with E-state index in [0.29, 0.717) is 38.1 Å². The van der Waals surface area contributed by atoms with Crippen LogP contribution in [-0.2, 0) is 52.4 Å². The number of halogens is 2. The molecular weight excluding hydrogens is 886 g/mol. The van der Waals surface area contributed by atoms with Crippen molar-refractivity contribution in [2.75, 3.05) is 50.0 Å². The van der Waals surface area contributed by atoms with E-state index in [1.54, 1.807) is 25.1 Å². The molecular formula is C54H69Cl2N4O5P. The Morgan fingerprint density at radius 2 is 0.985 bits per heavy atom. The van der Waals surface area contributed by atoms with Crippen LogP contribution >= 0.6 is 31.5 Å². The normalized spacial score (nSPS) is 11.7. The number of aryl methyl sites for hydroxylation is 2. The Hall–Kier alpha value is -4.31. The van der Waals surface area contributed by atoms with E-state index in [2.05, 4.69) is 122 Å². The molecule has 0 saturated carbocycles. The Morgan fingerprint density at radius 3 is 1.38 bits per heavy atom. The fraction of sp³-hybridized carbons (Fsp3) is 0.407. The highest BCUT2D eigenvalue weighted by molar-refractivity contribution is 7.33. The Labute approximate surface area is 403 Å². The summed E-state index contributed by atoms with van der Waals surface area (Å²) in [6, 6.07) is 29.9. The molecule has 0 aliphatic heterocycles. The Morgan fingerprint density at radius 1 is 0.545 bits per heavy atom. The summed E-state index contributed by atoms with van der Waals surface area (Å²) in [7, 11) is -2.55. The van der Waals surface area contributed by atoms with Crippen LogP contribution in [0.15, 0.2) is 119 Å². The average Bonchev–Trinajstić information content (AvgIpc) is 4.05. The van der Waals surface area contributed by atoms with Crippen molar-refractivity contribution >= 4 is 42.8 Å². The molecule has 0 aliphatic carbocycles. The number of rotatable bonds is 30.